The Balaban J connectivity index is 1.94. The number of aryl methyl sites for hydroxylation is 1. The minimum Gasteiger partial charge on any atom is -0.486 e. The first-order valence-electron chi connectivity index (χ1n) is 5.55. The van der Waals surface area contributed by atoms with Crippen molar-refractivity contribution in [2.75, 3.05) is 11.2 Å². The van der Waals surface area contributed by atoms with Crippen molar-refractivity contribution in [3.63, 3.8) is 0 Å². The van der Waals surface area contributed by atoms with E-state index in [1.165, 1.54) is 11.3 Å². The van der Waals surface area contributed by atoms with Gasteiger partial charge < -0.3 is 4.74 Å². The van der Waals surface area contributed by atoms with Crippen molar-refractivity contribution < 1.29 is 9.53 Å². The molecule has 2 aromatic rings. The highest BCUT2D eigenvalue weighted by Gasteiger charge is 2.08. The van der Waals surface area contributed by atoms with Gasteiger partial charge in [-0.2, -0.15) is 0 Å². The third kappa shape index (κ3) is 3.90. The number of para-hydroxylation sites is 1. The number of halogens is 1. The van der Waals surface area contributed by atoms with Crippen molar-refractivity contribution in [3.8, 4) is 5.75 Å². The van der Waals surface area contributed by atoms with Crippen molar-refractivity contribution in [1.82, 2.24) is 10.2 Å². The third-order valence-corrected chi connectivity index (χ3v) is 3.33. The van der Waals surface area contributed by atoms with Gasteiger partial charge in [-0.15, -0.1) is 21.8 Å². The predicted molar refractivity (Wildman–Crippen MR) is 74.8 cm³/mol. The number of amides is 1. The summed E-state index contributed by atoms with van der Waals surface area (Å²) in [7, 11) is 0. The van der Waals surface area contributed by atoms with E-state index in [0.29, 0.717) is 16.7 Å². The molecule has 1 aromatic heterocycles. The quantitative estimate of drug-likeness (QED) is 0.862. The second-order valence-corrected chi connectivity index (χ2v) is 5.07. The van der Waals surface area contributed by atoms with Gasteiger partial charge in [0.25, 0.3) is 0 Å². The lowest BCUT2D eigenvalue weighted by atomic mass is 10.2. The summed E-state index contributed by atoms with van der Waals surface area (Å²) in [6, 6.07) is 7.73. The van der Waals surface area contributed by atoms with Crippen LogP contribution < -0.4 is 10.1 Å². The first kappa shape index (κ1) is 13.8. The van der Waals surface area contributed by atoms with Crippen LogP contribution in [0.5, 0.6) is 5.75 Å². The van der Waals surface area contributed by atoms with Gasteiger partial charge >= 0.3 is 0 Å². The molecule has 0 radical (unpaired) electrons. The highest BCUT2D eigenvalue weighted by Crippen LogP contribution is 2.20. The monoisotopic (exact) mass is 297 g/mol. The number of aromatic nitrogens is 2. The van der Waals surface area contributed by atoms with E-state index in [1.54, 1.807) is 0 Å². The molecule has 19 heavy (non-hydrogen) atoms. The molecule has 0 atom stereocenters. The maximum atomic E-state index is 11.1. The number of rotatable bonds is 5. The second kappa shape index (κ2) is 6.49. The minimum absolute atomic E-state index is 0.103. The molecule has 0 saturated heterocycles. The molecule has 5 nitrogen and oxygen atoms in total. The molecular formula is C12H12ClN3O2S. The van der Waals surface area contributed by atoms with Crippen LogP contribution in [0.1, 0.15) is 10.6 Å². The fraction of sp³-hybridized carbons (Fsp3) is 0.250. The fourth-order valence-electron chi connectivity index (χ4n) is 1.37. The molecule has 0 aliphatic heterocycles. The predicted octanol–water partition coefficient (Wildman–Crippen LogP) is 2.60. The Morgan fingerprint density at radius 3 is 2.95 bits per heavy atom. The van der Waals surface area contributed by atoms with Crippen molar-refractivity contribution in [2.24, 2.45) is 0 Å². The lowest BCUT2D eigenvalue weighted by Crippen LogP contribution is -2.12. The SMILES string of the molecule is Cc1ccccc1OCc1nnc(NC(=O)CCl)s1. The molecule has 0 fully saturated rings. The number of nitrogens with zero attached hydrogens (tertiary/aromatic N) is 2. The van der Waals surface area contributed by atoms with Crippen molar-refractivity contribution in [3.05, 3.63) is 34.8 Å². The summed E-state index contributed by atoms with van der Waals surface area (Å²) < 4.78 is 5.64. The second-order valence-electron chi connectivity index (χ2n) is 3.74. The Kier molecular flexibility index (Phi) is 4.70. The van der Waals surface area contributed by atoms with Crippen LogP contribution in [0.25, 0.3) is 0 Å². The van der Waals surface area contributed by atoms with Crippen molar-refractivity contribution >= 4 is 34.0 Å². The van der Waals surface area contributed by atoms with Gasteiger partial charge in [-0.1, -0.05) is 29.5 Å². The van der Waals surface area contributed by atoms with E-state index in [2.05, 4.69) is 15.5 Å². The van der Waals surface area contributed by atoms with E-state index in [-0.39, 0.29) is 11.8 Å². The number of carbonyl (C=O) groups excluding carboxylic acids is 1. The van der Waals surface area contributed by atoms with Crippen LogP contribution in [0.2, 0.25) is 0 Å². The average molecular weight is 298 g/mol. The molecule has 0 bridgehead atoms. The van der Waals surface area contributed by atoms with Crippen molar-refractivity contribution in [1.29, 1.82) is 0 Å². The fourth-order valence-corrected chi connectivity index (χ4v) is 2.11. The molecule has 0 aliphatic carbocycles. The normalized spacial score (nSPS) is 10.2. The number of benzene rings is 1. The molecule has 7 heteroatoms. The maximum absolute atomic E-state index is 11.1. The first-order chi connectivity index (χ1) is 9.19. The molecule has 1 aromatic carbocycles. The van der Waals surface area contributed by atoms with Gasteiger partial charge in [-0.05, 0) is 18.6 Å². The molecule has 1 heterocycles. The number of hydrogen-bond donors (Lipinski definition) is 1. The maximum Gasteiger partial charge on any atom is 0.241 e. The van der Waals surface area contributed by atoms with E-state index >= 15 is 0 Å². The standard InChI is InChI=1S/C12H12ClN3O2S/c1-8-4-2-3-5-9(8)18-7-11-15-16-12(19-11)14-10(17)6-13/h2-5H,6-7H2,1H3,(H,14,16,17). The van der Waals surface area contributed by atoms with Crippen LogP contribution in [0, 0.1) is 6.92 Å². The molecule has 1 N–H and O–H groups in total. The molecule has 0 saturated carbocycles. The summed E-state index contributed by atoms with van der Waals surface area (Å²) in [5.74, 6) is 0.405. The number of hydrogen-bond acceptors (Lipinski definition) is 5. The molecule has 2 rings (SSSR count). The van der Waals surface area contributed by atoms with E-state index in [9.17, 15) is 4.79 Å². The van der Waals surface area contributed by atoms with Crippen LogP contribution in [0.4, 0.5) is 5.13 Å². The van der Waals surface area contributed by atoms with E-state index in [0.717, 1.165) is 11.3 Å². The highest BCUT2D eigenvalue weighted by molar-refractivity contribution is 7.15. The van der Waals surface area contributed by atoms with Gasteiger partial charge in [0.05, 0.1) is 0 Å². The van der Waals surface area contributed by atoms with E-state index in [4.69, 9.17) is 16.3 Å². The number of anilines is 1. The van der Waals surface area contributed by atoms with Gasteiger partial charge in [0.15, 0.2) is 5.01 Å². The Morgan fingerprint density at radius 1 is 1.42 bits per heavy atom. The lowest BCUT2D eigenvalue weighted by molar-refractivity contribution is -0.113. The van der Waals surface area contributed by atoms with E-state index < -0.39 is 0 Å². The van der Waals surface area contributed by atoms with Crippen LogP contribution in [0.15, 0.2) is 24.3 Å². The molecular weight excluding hydrogens is 286 g/mol. The van der Waals surface area contributed by atoms with Crippen LogP contribution >= 0.6 is 22.9 Å². The zero-order chi connectivity index (χ0) is 13.7. The van der Waals surface area contributed by atoms with E-state index in [1.807, 2.05) is 31.2 Å². The number of ether oxygens (including phenoxy) is 1. The van der Waals surface area contributed by atoms with Crippen LogP contribution in [0.3, 0.4) is 0 Å². The van der Waals surface area contributed by atoms with Gasteiger partial charge in [0.2, 0.25) is 11.0 Å². The number of nitrogens with one attached hydrogen (secondary N) is 1. The van der Waals surface area contributed by atoms with Gasteiger partial charge in [-0.25, -0.2) is 0 Å². The van der Waals surface area contributed by atoms with Gasteiger partial charge in [0, 0.05) is 0 Å². The minimum atomic E-state index is -0.302. The molecule has 0 aliphatic rings. The summed E-state index contributed by atoms with van der Waals surface area (Å²) in [6.45, 7) is 2.29. The molecule has 1 amide bonds. The Bertz CT molecular complexity index is 574. The number of carbonyl (C=O) groups is 1. The van der Waals surface area contributed by atoms with Crippen molar-refractivity contribution in [2.45, 2.75) is 13.5 Å². The average Bonchev–Trinajstić information content (AvgIpc) is 2.85. The molecule has 0 spiro atoms. The highest BCUT2D eigenvalue weighted by atomic mass is 35.5. The number of alkyl halides is 1. The summed E-state index contributed by atoms with van der Waals surface area (Å²) in [6.07, 6.45) is 0. The zero-order valence-electron chi connectivity index (χ0n) is 10.2. The molecule has 0 unspecified atom stereocenters. The van der Waals surface area contributed by atoms with Gasteiger partial charge in [-0.3, -0.25) is 10.1 Å². The lowest BCUT2D eigenvalue weighted by Gasteiger charge is -2.05. The Morgan fingerprint density at radius 2 is 2.21 bits per heavy atom. The van der Waals surface area contributed by atoms with Gasteiger partial charge in [0.1, 0.15) is 18.2 Å². The first-order valence-corrected chi connectivity index (χ1v) is 6.91. The summed E-state index contributed by atoms with van der Waals surface area (Å²) in [4.78, 5) is 11.1. The summed E-state index contributed by atoms with van der Waals surface area (Å²) >= 11 is 6.65. The summed E-state index contributed by atoms with van der Waals surface area (Å²) in [5, 5.41) is 11.4. The van der Waals surface area contributed by atoms with Crippen LogP contribution in [-0.2, 0) is 11.4 Å². The Labute approximate surface area is 119 Å². The zero-order valence-corrected chi connectivity index (χ0v) is 11.8. The topological polar surface area (TPSA) is 64.1 Å². The smallest absolute Gasteiger partial charge is 0.241 e. The Hall–Kier alpha value is -1.66. The third-order valence-electron chi connectivity index (χ3n) is 2.28. The largest absolute Gasteiger partial charge is 0.486 e. The molecule has 100 valence electrons. The van der Waals surface area contributed by atoms with Crippen LogP contribution in [-0.4, -0.2) is 22.0 Å². The summed E-state index contributed by atoms with van der Waals surface area (Å²) in [5.41, 5.74) is 1.06.